The monoisotopic (exact) mass is 259 g/mol. The van der Waals surface area contributed by atoms with Gasteiger partial charge in [0.05, 0.1) is 12.5 Å². The highest BCUT2D eigenvalue weighted by Crippen LogP contribution is 2.05. The van der Waals surface area contributed by atoms with E-state index in [1.54, 1.807) is 6.26 Å². The van der Waals surface area contributed by atoms with Gasteiger partial charge in [-0.25, -0.2) is 0 Å². The Labute approximate surface area is 94.4 Å². The third-order valence-electron chi connectivity index (χ3n) is 2.21. The van der Waals surface area contributed by atoms with Crippen LogP contribution in [0.1, 0.15) is 24.8 Å². The van der Waals surface area contributed by atoms with Crippen molar-refractivity contribution in [1.29, 1.82) is 0 Å². The van der Waals surface area contributed by atoms with Crippen molar-refractivity contribution < 1.29 is 4.42 Å². The predicted octanol–water partition coefficient (Wildman–Crippen LogP) is 3.28. The average molecular weight is 260 g/mol. The highest BCUT2D eigenvalue weighted by atomic mass is 79.9. The molecule has 0 radical (unpaired) electrons. The molecule has 3 heteroatoms. The summed E-state index contributed by atoms with van der Waals surface area (Å²) < 4.78 is 5.03. The van der Waals surface area contributed by atoms with Crippen LogP contribution in [0.5, 0.6) is 0 Å². The number of halogens is 1. The van der Waals surface area contributed by atoms with Crippen molar-refractivity contribution in [3.63, 3.8) is 0 Å². The zero-order valence-corrected chi connectivity index (χ0v) is 10.3. The summed E-state index contributed by atoms with van der Waals surface area (Å²) in [4.78, 5) is 2.33. The summed E-state index contributed by atoms with van der Waals surface area (Å²) in [6.45, 7) is 2.16. The number of alkyl halides is 1. The lowest BCUT2D eigenvalue weighted by molar-refractivity contribution is 0.317. The Morgan fingerprint density at radius 1 is 1.36 bits per heavy atom. The highest BCUT2D eigenvalue weighted by Gasteiger charge is 2.00. The van der Waals surface area contributed by atoms with E-state index in [0.29, 0.717) is 0 Å². The van der Waals surface area contributed by atoms with Crippen molar-refractivity contribution in [3.8, 4) is 0 Å². The van der Waals surface area contributed by atoms with Crippen LogP contribution in [-0.4, -0.2) is 23.8 Å². The number of nitrogens with zero attached hydrogens (tertiary/aromatic N) is 1. The largest absolute Gasteiger partial charge is 0.472 e. The van der Waals surface area contributed by atoms with Crippen LogP contribution in [0, 0.1) is 0 Å². The molecule has 0 saturated carbocycles. The van der Waals surface area contributed by atoms with Gasteiger partial charge in [-0.3, -0.25) is 0 Å². The van der Waals surface area contributed by atoms with E-state index in [4.69, 9.17) is 4.42 Å². The van der Waals surface area contributed by atoms with Gasteiger partial charge in [0.25, 0.3) is 0 Å². The van der Waals surface area contributed by atoms with Gasteiger partial charge < -0.3 is 9.32 Å². The topological polar surface area (TPSA) is 16.4 Å². The average Bonchev–Trinajstić information content (AvgIpc) is 2.65. The van der Waals surface area contributed by atoms with E-state index in [1.165, 1.54) is 24.8 Å². The zero-order valence-electron chi connectivity index (χ0n) is 8.71. The van der Waals surface area contributed by atoms with Gasteiger partial charge in [-0.05, 0) is 32.5 Å². The fourth-order valence-corrected chi connectivity index (χ4v) is 1.82. The van der Waals surface area contributed by atoms with Crippen LogP contribution < -0.4 is 0 Å². The van der Waals surface area contributed by atoms with Gasteiger partial charge in [-0.2, -0.15) is 0 Å². The van der Waals surface area contributed by atoms with Crippen LogP contribution in [0.2, 0.25) is 0 Å². The summed E-state index contributed by atoms with van der Waals surface area (Å²) in [7, 11) is 2.15. The van der Waals surface area contributed by atoms with Gasteiger partial charge >= 0.3 is 0 Å². The number of hydrogen-bond acceptors (Lipinski definition) is 2. The second-order valence-electron chi connectivity index (χ2n) is 3.62. The van der Waals surface area contributed by atoms with Crippen LogP contribution in [0.25, 0.3) is 0 Å². The fourth-order valence-electron chi connectivity index (χ4n) is 1.43. The first-order chi connectivity index (χ1) is 6.83. The zero-order chi connectivity index (χ0) is 10.2. The summed E-state index contributed by atoms with van der Waals surface area (Å²) in [5.41, 5.74) is 1.26. The maximum atomic E-state index is 5.03. The molecule has 0 amide bonds. The molecule has 0 aliphatic rings. The number of unbranched alkanes of at least 4 members (excludes halogenated alkanes) is 2. The smallest absolute Gasteiger partial charge is 0.0947 e. The Hall–Kier alpha value is -0.280. The molecule has 0 fully saturated rings. The number of furan rings is 1. The van der Waals surface area contributed by atoms with Gasteiger partial charge in [-0.15, -0.1) is 0 Å². The van der Waals surface area contributed by atoms with Gasteiger partial charge in [0.1, 0.15) is 0 Å². The summed E-state index contributed by atoms with van der Waals surface area (Å²) in [6, 6.07) is 2.02. The summed E-state index contributed by atoms with van der Waals surface area (Å²) in [6.07, 6.45) is 7.41. The molecule has 0 saturated heterocycles. The summed E-state index contributed by atoms with van der Waals surface area (Å²) >= 11 is 3.44. The third-order valence-corrected chi connectivity index (χ3v) is 2.77. The first-order valence-corrected chi connectivity index (χ1v) is 6.20. The van der Waals surface area contributed by atoms with Crippen LogP contribution in [0.4, 0.5) is 0 Å². The second kappa shape index (κ2) is 7.07. The number of hydrogen-bond donors (Lipinski definition) is 0. The summed E-state index contributed by atoms with van der Waals surface area (Å²) in [5.74, 6) is 0. The Bertz CT molecular complexity index is 223. The number of rotatable bonds is 7. The molecule has 0 spiro atoms. The minimum absolute atomic E-state index is 0.991. The van der Waals surface area contributed by atoms with Crippen LogP contribution in [-0.2, 0) is 6.54 Å². The molecule has 0 unspecified atom stereocenters. The molecule has 1 heterocycles. The molecule has 0 bridgehead atoms. The maximum absolute atomic E-state index is 5.03. The molecule has 0 N–H and O–H groups in total. The minimum atomic E-state index is 0.991. The van der Waals surface area contributed by atoms with Crippen molar-refractivity contribution in [2.24, 2.45) is 0 Å². The van der Waals surface area contributed by atoms with Crippen molar-refractivity contribution >= 4 is 15.9 Å². The molecule has 1 aromatic heterocycles. The molecule has 0 aromatic carbocycles. The Morgan fingerprint density at radius 3 is 2.86 bits per heavy atom. The van der Waals surface area contributed by atoms with E-state index in [-0.39, 0.29) is 0 Å². The van der Waals surface area contributed by atoms with Gasteiger partial charge in [0.2, 0.25) is 0 Å². The van der Waals surface area contributed by atoms with Crippen molar-refractivity contribution in [1.82, 2.24) is 4.90 Å². The van der Waals surface area contributed by atoms with Gasteiger partial charge in [0.15, 0.2) is 0 Å². The van der Waals surface area contributed by atoms with Crippen LogP contribution in [0.3, 0.4) is 0 Å². The molecule has 0 atom stereocenters. The van der Waals surface area contributed by atoms with E-state index in [0.717, 1.165) is 18.4 Å². The van der Waals surface area contributed by atoms with Gasteiger partial charge in [-0.1, -0.05) is 22.4 Å². The van der Waals surface area contributed by atoms with E-state index in [9.17, 15) is 0 Å². The quantitative estimate of drug-likeness (QED) is 0.552. The molecule has 0 aliphatic carbocycles. The van der Waals surface area contributed by atoms with E-state index in [2.05, 4.69) is 27.9 Å². The van der Waals surface area contributed by atoms with Gasteiger partial charge in [0, 0.05) is 17.4 Å². The molecule has 0 aliphatic heterocycles. The lowest BCUT2D eigenvalue weighted by atomic mass is 10.2. The Balaban J connectivity index is 2.07. The molecular formula is C11H18BrNO. The molecule has 1 rings (SSSR count). The highest BCUT2D eigenvalue weighted by molar-refractivity contribution is 9.09. The normalized spacial score (nSPS) is 11.1. The first kappa shape index (κ1) is 11.8. The standard InChI is InChI=1S/C11H18BrNO/c1-13(7-4-2-3-6-12)9-11-5-8-14-10-11/h5,8,10H,2-4,6-7,9H2,1H3. The molecule has 80 valence electrons. The second-order valence-corrected chi connectivity index (χ2v) is 4.41. The van der Waals surface area contributed by atoms with E-state index < -0.39 is 0 Å². The Kier molecular flexibility index (Phi) is 5.96. The van der Waals surface area contributed by atoms with E-state index >= 15 is 0 Å². The first-order valence-electron chi connectivity index (χ1n) is 5.08. The minimum Gasteiger partial charge on any atom is -0.472 e. The fraction of sp³-hybridized carbons (Fsp3) is 0.636. The molecule has 1 aromatic rings. The lowest BCUT2D eigenvalue weighted by Crippen LogP contribution is -2.18. The SMILES string of the molecule is CN(CCCCCBr)Cc1ccoc1. The summed E-state index contributed by atoms with van der Waals surface area (Å²) in [5, 5.41) is 1.12. The van der Waals surface area contributed by atoms with Crippen LogP contribution >= 0.6 is 15.9 Å². The Morgan fingerprint density at radius 2 is 2.21 bits per heavy atom. The molecular weight excluding hydrogens is 242 g/mol. The predicted molar refractivity (Wildman–Crippen MR) is 62.7 cm³/mol. The maximum Gasteiger partial charge on any atom is 0.0947 e. The van der Waals surface area contributed by atoms with Crippen LogP contribution in [0.15, 0.2) is 23.0 Å². The third kappa shape index (κ3) is 4.82. The lowest BCUT2D eigenvalue weighted by Gasteiger charge is -2.14. The molecule has 14 heavy (non-hydrogen) atoms. The van der Waals surface area contributed by atoms with Crippen molar-refractivity contribution in [2.45, 2.75) is 25.8 Å². The molecule has 2 nitrogen and oxygen atoms in total. The van der Waals surface area contributed by atoms with Crippen molar-refractivity contribution in [3.05, 3.63) is 24.2 Å². The van der Waals surface area contributed by atoms with Crippen molar-refractivity contribution in [2.75, 3.05) is 18.9 Å². The van der Waals surface area contributed by atoms with E-state index in [1.807, 2.05) is 12.3 Å².